The molecule has 0 unspecified atom stereocenters. The van der Waals surface area contributed by atoms with Crippen LogP contribution in [0, 0.1) is 0 Å². The van der Waals surface area contributed by atoms with Gasteiger partial charge < -0.3 is 25.6 Å². The van der Waals surface area contributed by atoms with Crippen molar-refractivity contribution < 1.29 is 14.3 Å². The monoisotopic (exact) mass is 389 g/mol. The molecule has 154 valence electrons. The van der Waals surface area contributed by atoms with Gasteiger partial charge in [0.15, 0.2) is 5.96 Å². The van der Waals surface area contributed by atoms with Crippen LogP contribution < -0.4 is 20.9 Å². The highest BCUT2D eigenvalue weighted by molar-refractivity contribution is 5.95. The fourth-order valence-corrected chi connectivity index (χ4v) is 2.78. The zero-order valence-corrected chi connectivity index (χ0v) is 17.2. The Bertz CT molecular complexity index is 695. The summed E-state index contributed by atoms with van der Waals surface area (Å²) in [5.74, 6) is 0.834. The van der Waals surface area contributed by atoms with Crippen molar-refractivity contribution in [1.82, 2.24) is 16.0 Å². The summed E-state index contributed by atoms with van der Waals surface area (Å²) in [5, 5.41) is 9.05. The molecule has 1 heterocycles. The van der Waals surface area contributed by atoms with E-state index in [0.29, 0.717) is 32.0 Å². The van der Waals surface area contributed by atoms with E-state index < -0.39 is 11.7 Å². The van der Waals surface area contributed by atoms with Gasteiger partial charge in [-0.15, -0.1) is 0 Å². The minimum atomic E-state index is -0.507. The summed E-state index contributed by atoms with van der Waals surface area (Å²) >= 11 is 0. The molecule has 2 amide bonds. The molecule has 1 aromatic carbocycles. The highest BCUT2D eigenvalue weighted by Crippen LogP contribution is 2.21. The van der Waals surface area contributed by atoms with Gasteiger partial charge in [0, 0.05) is 45.3 Å². The van der Waals surface area contributed by atoms with Crippen molar-refractivity contribution in [3.8, 4) is 0 Å². The number of alkyl carbamates (subject to hydrolysis) is 1. The fourth-order valence-electron chi connectivity index (χ4n) is 2.78. The van der Waals surface area contributed by atoms with Crippen molar-refractivity contribution in [3.05, 3.63) is 29.8 Å². The number of anilines is 1. The molecule has 1 fully saturated rings. The lowest BCUT2D eigenvalue weighted by atomic mass is 10.2. The van der Waals surface area contributed by atoms with E-state index in [0.717, 1.165) is 24.2 Å². The number of amides is 2. The van der Waals surface area contributed by atoms with Crippen LogP contribution in [0.1, 0.15) is 39.2 Å². The Hall–Kier alpha value is -2.77. The van der Waals surface area contributed by atoms with E-state index in [2.05, 4.69) is 20.9 Å². The molecule has 0 aliphatic carbocycles. The predicted molar refractivity (Wildman–Crippen MR) is 110 cm³/mol. The minimum Gasteiger partial charge on any atom is -0.444 e. The molecule has 2 rings (SSSR count). The van der Waals surface area contributed by atoms with Crippen molar-refractivity contribution >= 4 is 23.6 Å². The highest BCUT2D eigenvalue weighted by atomic mass is 16.6. The van der Waals surface area contributed by atoms with Crippen molar-refractivity contribution in [2.24, 2.45) is 4.99 Å². The molecule has 1 aromatic rings. The number of carbonyl (C=O) groups is 2. The zero-order chi connectivity index (χ0) is 20.6. The van der Waals surface area contributed by atoms with E-state index in [1.807, 2.05) is 49.9 Å². The standard InChI is InChI=1S/C20H31N5O3/c1-20(2,3)28-19(27)23-12-11-22-18(21-4)24-14-15-7-9-16(10-8-15)25-13-5-6-17(25)26/h7-10H,5-6,11-14H2,1-4H3,(H,23,27)(H2,21,22,24). The van der Waals surface area contributed by atoms with Gasteiger partial charge in [0.25, 0.3) is 0 Å². The third kappa shape index (κ3) is 7.09. The SMILES string of the molecule is CN=C(NCCNC(=O)OC(C)(C)C)NCc1ccc(N2CCCC2=O)cc1. The molecule has 0 aromatic heterocycles. The Morgan fingerprint density at radius 1 is 1.14 bits per heavy atom. The third-order valence-corrected chi connectivity index (χ3v) is 4.09. The average Bonchev–Trinajstić information content (AvgIpc) is 3.06. The smallest absolute Gasteiger partial charge is 0.407 e. The maximum Gasteiger partial charge on any atom is 0.407 e. The maximum absolute atomic E-state index is 11.8. The molecule has 3 N–H and O–H groups in total. The van der Waals surface area contributed by atoms with Crippen LogP contribution in [-0.4, -0.2) is 50.2 Å². The Balaban J connectivity index is 1.70. The number of aliphatic imine (C=N–C) groups is 1. The van der Waals surface area contributed by atoms with Gasteiger partial charge in [0.1, 0.15) is 5.60 Å². The van der Waals surface area contributed by atoms with E-state index in [-0.39, 0.29) is 5.91 Å². The van der Waals surface area contributed by atoms with Gasteiger partial charge in [0.05, 0.1) is 0 Å². The van der Waals surface area contributed by atoms with E-state index in [1.54, 1.807) is 7.05 Å². The number of hydrogen-bond donors (Lipinski definition) is 3. The number of nitrogens with one attached hydrogen (secondary N) is 3. The lowest BCUT2D eigenvalue weighted by Gasteiger charge is -2.20. The van der Waals surface area contributed by atoms with Crippen LogP contribution in [0.3, 0.4) is 0 Å². The molecule has 1 aliphatic heterocycles. The number of nitrogens with zero attached hydrogens (tertiary/aromatic N) is 2. The first-order chi connectivity index (χ1) is 13.3. The van der Waals surface area contributed by atoms with Gasteiger partial charge in [0.2, 0.25) is 5.91 Å². The van der Waals surface area contributed by atoms with Crippen LogP contribution in [0.5, 0.6) is 0 Å². The lowest BCUT2D eigenvalue weighted by molar-refractivity contribution is -0.117. The summed E-state index contributed by atoms with van der Waals surface area (Å²) in [6, 6.07) is 7.96. The van der Waals surface area contributed by atoms with Crippen LogP contribution in [0.25, 0.3) is 0 Å². The lowest BCUT2D eigenvalue weighted by Crippen LogP contribution is -2.42. The molecule has 8 nitrogen and oxygen atoms in total. The first-order valence-electron chi connectivity index (χ1n) is 9.59. The summed E-state index contributed by atoms with van der Waals surface area (Å²) in [5.41, 5.74) is 1.53. The largest absolute Gasteiger partial charge is 0.444 e. The van der Waals surface area contributed by atoms with Gasteiger partial charge in [-0.25, -0.2) is 4.79 Å². The molecule has 1 aliphatic rings. The number of guanidine groups is 1. The molecule has 0 bridgehead atoms. The normalized spacial score (nSPS) is 14.8. The number of hydrogen-bond acceptors (Lipinski definition) is 4. The Morgan fingerprint density at radius 3 is 2.39 bits per heavy atom. The van der Waals surface area contributed by atoms with Gasteiger partial charge in [-0.3, -0.25) is 9.79 Å². The Labute approximate surface area is 166 Å². The van der Waals surface area contributed by atoms with Crippen LogP contribution in [0.15, 0.2) is 29.3 Å². The van der Waals surface area contributed by atoms with Gasteiger partial charge in [-0.1, -0.05) is 12.1 Å². The van der Waals surface area contributed by atoms with E-state index in [4.69, 9.17) is 4.74 Å². The second-order valence-corrected chi connectivity index (χ2v) is 7.60. The van der Waals surface area contributed by atoms with Crippen LogP contribution in [0.2, 0.25) is 0 Å². The second-order valence-electron chi connectivity index (χ2n) is 7.60. The number of carbonyl (C=O) groups excluding carboxylic acids is 2. The number of benzene rings is 1. The van der Waals surface area contributed by atoms with E-state index in [1.165, 1.54) is 0 Å². The maximum atomic E-state index is 11.8. The van der Waals surface area contributed by atoms with Crippen molar-refractivity contribution in [1.29, 1.82) is 0 Å². The van der Waals surface area contributed by atoms with Gasteiger partial charge in [-0.05, 0) is 44.9 Å². The fraction of sp³-hybridized carbons (Fsp3) is 0.550. The molecule has 0 spiro atoms. The highest BCUT2D eigenvalue weighted by Gasteiger charge is 2.21. The Kier molecular flexibility index (Phi) is 7.66. The zero-order valence-electron chi connectivity index (χ0n) is 17.2. The molecule has 28 heavy (non-hydrogen) atoms. The summed E-state index contributed by atoms with van der Waals surface area (Å²) in [6.07, 6.45) is 1.12. The third-order valence-electron chi connectivity index (χ3n) is 4.09. The van der Waals surface area contributed by atoms with Crippen molar-refractivity contribution in [2.75, 3.05) is 31.6 Å². The molecular weight excluding hydrogens is 358 g/mol. The summed E-state index contributed by atoms with van der Waals surface area (Å²) in [4.78, 5) is 29.4. The summed E-state index contributed by atoms with van der Waals surface area (Å²) in [7, 11) is 1.69. The summed E-state index contributed by atoms with van der Waals surface area (Å²) in [6.45, 7) is 7.82. The van der Waals surface area contributed by atoms with Crippen LogP contribution >= 0.6 is 0 Å². The van der Waals surface area contributed by atoms with Crippen molar-refractivity contribution in [3.63, 3.8) is 0 Å². The second kappa shape index (κ2) is 9.96. The quantitative estimate of drug-likeness (QED) is 0.393. The average molecular weight is 390 g/mol. The topological polar surface area (TPSA) is 95.1 Å². The first kappa shape index (κ1) is 21.5. The molecule has 0 atom stereocenters. The molecule has 8 heteroatoms. The molecule has 0 radical (unpaired) electrons. The van der Waals surface area contributed by atoms with Crippen molar-refractivity contribution in [2.45, 2.75) is 45.8 Å². The minimum absolute atomic E-state index is 0.190. The molecule has 0 saturated carbocycles. The van der Waals surface area contributed by atoms with Crippen LogP contribution in [-0.2, 0) is 16.1 Å². The van der Waals surface area contributed by atoms with Crippen LogP contribution in [0.4, 0.5) is 10.5 Å². The summed E-state index contributed by atoms with van der Waals surface area (Å²) < 4.78 is 5.18. The van der Waals surface area contributed by atoms with E-state index in [9.17, 15) is 9.59 Å². The number of rotatable bonds is 6. The predicted octanol–water partition coefficient (Wildman–Crippen LogP) is 2.00. The first-order valence-corrected chi connectivity index (χ1v) is 9.59. The molecular formula is C20H31N5O3. The number of ether oxygens (including phenoxy) is 1. The van der Waals surface area contributed by atoms with E-state index >= 15 is 0 Å². The molecule has 1 saturated heterocycles. The Morgan fingerprint density at radius 2 is 1.82 bits per heavy atom. The van der Waals surface area contributed by atoms with Gasteiger partial charge in [-0.2, -0.15) is 0 Å². The van der Waals surface area contributed by atoms with Gasteiger partial charge >= 0.3 is 6.09 Å².